The Balaban J connectivity index is 1.49. The van der Waals surface area contributed by atoms with Gasteiger partial charge in [0.2, 0.25) is 5.91 Å². The number of amides is 1. The largest absolute Gasteiger partial charge is 0.497 e. The molecule has 0 saturated carbocycles. The fourth-order valence-electron chi connectivity index (χ4n) is 3.79. The molecule has 0 aliphatic carbocycles. The maximum absolute atomic E-state index is 13.1. The van der Waals surface area contributed by atoms with Crippen molar-refractivity contribution in [3.63, 3.8) is 0 Å². The van der Waals surface area contributed by atoms with E-state index in [9.17, 15) is 4.79 Å². The molecule has 4 rings (SSSR count). The summed E-state index contributed by atoms with van der Waals surface area (Å²) in [5.41, 5.74) is 1.96. The highest BCUT2D eigenvalue weighted by Gasteiger charge is 2.32. The Hall–Kier alpha value is -3.00. The van der Waals surface area contributed by atoms with E-state index in [2.05, 4.69) is 10.2 Å². The van der Waals surface area contributed by atoms with Crippen LogP contribution in [0.25, 0.3) is 5.69 Å². The molecular formula is C22H24N4O3S. The first-order valence-electron chi connectivity index (χ1n) is 9.81. The number of benzene rings is 2. The molecule has 156 valence electrons. The molecule has 0 spiro atoms. The Morgan fingerprint density at radius 3 is 2.77 bits per heavy atom. The molecular weight excluding hydrogens is 400 g/mol. The van der Waals surface area contributed by atoms with Crippen molar-refractivity contribution in [2.45, 2.75) is 24.0 Å². The minimum Gasteiger partial charge on any atom is -0.497 e. The second-order valence-electron chi connectivity index (χ2n) is 6.96. The van der Waals surface area contributed by atoms with Crippen molar-refractivity contribution in [1.29, 1.82) is 0 Å². The zero-order valence-electron chi connectivity index (χ0n) is 17.0. The fourth-order valence-corrected chi connectivity index (χ4v) is 4.60. The highest BCUT2D eigenvalue weighted by molar-refractivity contribution is 7.99. The molecule has 1 saturated heterocycles. The van der Waals surface area contributed by atoms with Crippen LogP contribution in [0.5, 0.6) is 11.5 Å². The zero-order valence-corrected chi connectivity index (χ0v) is 17.8. The van der Waals surface area contributed by atoms with Crippen LogP contribution in [0.2, 0.25) is 0 Å². The van der Waals surface area contributed by atoms with Crippen molar-refractivity contribution in [3.05, 3.63) is 60.4 Å². The van der Waals surface area contributed by atoms with E-state index in [1.165, 1.54) is 11.8 Å². The van der Waals surface area contributed by atoms with Gasteiger partial charge in [-0.15, -0.1) is 10.2 Å². The van der Waals surface area contributed by atoms with E-state index >= 15 is 0 Å². The Labute approximate surface area is 180 Å². The molecule has 1 aromatic heterocycles. The third-order valence-electron chi connectivity index (χ3n) is 5.24. The van der Waals surface area contributed by atoms with Crippen LogP contribution in [-0.2, 0) is 4.79 Å². The summed E-state index contributed by atoms with van der Waals surface area (Å²) >= 11 is 1.40. The summed E-state index contributed by atoms with van der Waals surface area (Å²) in [4.78, 5) is 15.0. The first-order chi connectivity index (χ1) is 14.7. The smallest absolute Gasteiger partial charge is 0.233 e. The van der Waals surface area contributed by atoms with E-state index in [0.717, 1.165) is 42.1 Å². The monoisotopic (exact) mass is 424 g/mol. The maximum Gasteiger partial charge on any atom is 0.233 e. The Bertz CT molecular complexity index is 1010. The van der Waals surface area contributed by atoms with Gasteiger partial charge in [-0.25, -0.2) is 0 Å². The molecule has 0 N–H and O–H groups in total. The number of carbonyl (C=O) groups is 1. The molecule has 0 bridgehead atoms. The number of methoxy groups -OCH3 is 2. The van der Waals surface area contributed by atoms with Crippen molar-refractivity contribution in [2.75, 3.05) is 26.5 Å². The van der Waals surface area contributed by atoms with Crippen LogP contribution in [0.3, 0.4) is 0 Å². The van der Waals surface area contributed by atoms with Crippen LogP contribution in [0.1, 0.15) is 24.4 Å². The van der Waals surface area contributed by atoms with Gasteiger partial charge in [0, 0.05) is 17.8 Å². The summed E-state index contributed by atoms with van der Waals surface area (Å²) in [6, 6.07) is 15.6. The molecule has 3 aromatic rings. The minimum absolute atomic E-state index is 0.0184. The lowest BCUT2D eigenvalue weighted by Crippen LogP contribution is -2.32. The number of aromatic nitrogens is 3. The second kappa shape index (κ2) is 9.21. The molecule has 2 aromatic carbocycles. The first kappa shape index (κ1) is 20.3. The van der Waals surface area contributed by atoms with E-state index in [1.54, 1.807) is 20.5 Å². The third-order valence-corrected chi connectivity index (χ3v) is 6.17. The van der Waals surface area contributed by atoms with Crippen LogP contribution < -0.4 is 9.47 Å². The summed E-state index contributed by atoms with van der Waals surface area (Å²) in [6.45, 7) is 0.732. The molecule has 1 fully saturated rings. The highest BCUT2D eigenvalue weighted by Crippen LogP contribution is 2.39. The van der Waals surface area contributed by atoms with Crippen molar-refractivity contribution in [2.24, 2.45) is 0 Å². The average molecular weight is 425 g/mol. The minimum atomic E-state index is -0.0184. The normalized spacial score (nSPS) is 15.9. The van der Waals surface area contributed by atoms with Crippen molar-refractivity contribution >= 4 is 17.7 Å². The Kier molecular flexibility index (Phi) is 6.23. The molecule has 1 aliphatic heterocycles. The average Bonchev–Trinajstić information content (AvgIpc) is 3.47. The first-order valence-corrected chi connectivity index (χ1v) is 10.8. The number of ether oxygens (including phenoxy) is 2. The van der Waals surface area contributed by atoms with Gasteiger partial charge in [0.15, 0.2) is 5.16 Å². The maximum atomic E-state index is 13.1. The number of thioether (sulfide) groups is 1. The van der Waals surface area contributed by atoms with Crippen LogP contribution >= 0.6 is 11.8 Å². The van der Waals surface area contributed by atoms with Gasteiger partial charge in [-0.05, 0) is 43.2 Å². The molecule has 0 radical (unpaired) electrons. The van der Waals surface area contributed by atoms with Gasteiger partial charge in [-0.3, -0.25) is 9.36 Å². The van der Waals surface area contributed by atoms with Gasteiger partial charge in [-0.1, -0.05) is 30.0 Å². The number of hydrogen-bond acceptors (Lipinski definition) is 6. The summed E-state index contributed by atoms with van der Waals surface area (Å²) in [5.74, 6) is 1.91. The highest BCUT2D eigenvalue weighted by atomic mass is 32.2. The Morgan fingerprint density at radius 2 is 2.00 bits per heavy atom. The quantitative estimate of drug-likeness (QED) is 0.538. The van der Waals surface area contributed by atoms with E-state index in [-0.39, 0.29) is 11.9 Å². The van der Waals surface area contributed by atoms with Gasteiger partial charge >= 0.3 is 0 Å². The molecule has 1 atom stereocenters. The molecule has 30 heavy (non-hydrogen) atoms. The predicted molar refractivity (Wildman–Crippen MR) is 115 cm³/mol. The van der Waals surface area contributed by atoms with E-state index in [0.29, 0.717) is 10.9 Å². The molecule has 8 heteroatoms. The summed E-state index contributed by atoms with van der Waals surface area (Å²) in [6.07, 6.45) is 3.53. The molecule has 1 unspecified atom stereocenters. The van der Waals surface area contributed by atoms with Gasteiger partial charge in [0.25, 0.3) is 0 Å². The lowest BCUT2D eigenvalue weighted by molar-refractivity contribution is -0.129. The molecule has 1 amide bonds. The lowest BCUT2D eigenvalue weighted by atomic mass is 10.0. The van der Waals surface area contributed by atoms with E-state index in [4.69, 9.17) is 9.47 Å². The number of para-hydroxylation sites is 1. The van der Waals surface area contributed by atoms with Crippen molar-refractivity contribution in [1.82, 2.24) is 19.7 Å². The zero-order chi connectivity index (χ0) is 20.9. The van der Waals surface area contributed by atoms with Gasteiger partial charge < -0.3 is 14.4 Å². The van der Waals surface area contributed by atoms with Crippen LogP contribution in [0.15, 0.2) is 60.0 Å². The Morgan fingerprint density at radius 1 is 1.17 bits per heavy atom. The number of carbonyl (C=O) groups excluding carboxylic acids is 1. The molecule has 2 heterocycles. The number of hydrogen-bond donors (Lipinski definition) is 0. The van der Waals surface area contributed by atoms with Crippen molar-refractivity contribution in [3.8, 4) is 17.2 Å². The number of rotatable bonds is 7. The lowest BCUT2D eigenvalue weighted by Gasteiger charge is -2.26. The molecule has 7 nitrogen and oxygen atoms in total. The van der Waals surface area contributed by atoms with Crippen LogP contribution in [0, 0.1) is 0 Å². The van der Waals surface area contributed by atoms with Crippen molar-refractivity contribution < 1.29 is 14.3 Å². The van der Waals surface area contributed by atoms with Crippen LogP contribution in [0.4, 0.5) is 0 Å². The SMILES string of the molecule is COc1ccc(OC)c(C2CCCN2C(=O)CSc2nncn2-c2ccccc2)c1. The number of nitrogens with zero attached hydrogens (tertiary/aromatic N) is 4. The summed E-state index contributed by atoms with van der Waals surface area (Å²) < 4.78 is 12.8. The number of likely N-dealkylation sites (tertiary alicyclic amines) is 1. The standard InChI is InChI=1S/C22H24N4O3S/c1-28-17-10-11-20(29-2)18(13-17)19-9-6-12-25(19)21(27)14-30-22-24-23-15-26(22)16-7-4-3-5-8-16/h3-5,7-8,10-11,13,15,19H,6,9,12,14H2,1-2H3. The van der Waals surface area contributed by atoms with Gasteiger partial charge in [-0.2, -0.15) is 0 Å². The van der Waals surface area contributed by atoms with Gasteiger partial charge in [0.1, 0.15) is 17.8 Å². The van der Waals surface area contributed by atoms with E-state index in [1.807, 2.05) is 58.0 Å². The third kappa shape index (κ3) is 4.14. The summed E-state index contributed by atoms with van der Waals surface area (Å²) in [7, 11) is 3.29. The fraction of sp³-hybridized carbons (Fsp3) is 0.318. The van der Waals surface area contributed by atoms with Crippen LogP contribution in [-0.4, -0.2) is 52.1 Å². The predicted octanol–water partition coefficient (Wildman–Crippen LogP) is 3.74. The molecule has 1 aliphatic rings. The van der Waals surface area contributed by atoms with E-state index < -0.39 is 0 Å². The topological polar surface area (TPSA) is 69.5 Å². The second-order valence-corrected chi connectivity index (χ2v) is 7.90. The summed E-state index contributed by atoms with van der Waals surface area (Å²) in [5, 5.41) is 8.90. The van der Waals surface area contributed by atoms with Gasteiger partial charge in [0.05, 0.1) is 26.0 Å².